The third-order valence-corrected chi connectivity index (χ3v) is 2.10. The second-order valence-corrected chi connectivity index (χ2v) is 3.26. The highest BCUT2D eigenvalue weighted by Gasteiger charge is 2.16. The monoisotopic (exact) mass is 171 g/mol. The van der Waals surface area contributed by atoms with Gasteiger partial charge < -0.3 is 10.6 Å². The molecule has 2 N–H and O–H groups in total. The summed E-state index contributed by atoms with van der Waals surface area (Å²) in [4.78, 5) is 13.2. The number of nitrogens with one attached hydrogen (secondary N) is 2. The smallest absolute Gasteiger partial charge is 0.233 e. The predicted octanol–water partition coefficient (Wildman–Crippen LogP) is -0.974. The predicted molar refractivity (Wildman–Crippen MR) is 48.0 cm³/mol. The van der Waals surface area contributed by atoms with Gasteiger partial charge in [0.25, 0.3) is 0 Å². The van der Waals surface area contributed by atoms with Gasteiger partial charge >= 0.3 is 0 Å². The lowest BCUT2D eigenvalue weighted by atomic mass is 10.2. The molecule has 1 amide bonds. The molecule has 1 heterocycles. The Balaban J connectivity index is 2.27. The highest BCUT2D eigenvalue weighted by Crippen LogP contribution is 1.96. The molecule has 1 saturated heterocycles. The quantitative estimate of drug-likeness (QED) is 0.561. The van der Waals surface area contributed by atoms with E-state index < -0.39 is 0 Å². The number of likely N-dealkylation sites (N-methyl/N-ethyl adjacent to an activating group) is 1. The van der Waals surface area contributed by atoms with Gasteiger partial charge in [-0.25, -0.2) is 0 Å². The van der Waals surface area contributed by atoms with E-state index in [1.54, 1.807) is 7.05 Å². The molecule has 0 saturated carbocycles. The zero-order chi connectivity index (χ0) is 8.97. The molecule has 70 valence electrons. The van der Waals surface area contributed by atoms with Crippen LogP contribution in [0.15, 0.2) is 0 Å². The van der Waals surface area contributed by atoms with Gasteiger partial charge in [0.2, 0.25) is 5.91 Å². The van der Waals surface area contributed by atoms with E-state index in [-0.39, 0.29) is 5.91 Å². The summed E-state index contributed by atoms with van der Waals surface area (Å²) in [7, 11) is 1.67. The molecular formula is C8H17N3O. The van der Waals surface area contributed by atoms with Crippen LogP contribution in [0.5, 0.6) is 0 Å². The molecule has 12 heavy (non-hydrogen) atoms. The van der Waals surface area contributed by atoms with Crippen molar-refractivity contribution in [2.24, 2.45) is 0 Å². The van der Waals surface area contributed by atoms with E-state index in [2.05, 4.69) is 22.5 Å². The molecule has 0 spiro atoms. The van der Waals surface area contributed by atoms with Gasteiger partial charge in [-0.2, -0.15) is 0 Å². The van der Waals surface area contributed by atoms with E-state index in [9.17, 15) is 4.79 Å². The molecule has 1 fully saturated rings. The first-order valence-electron chi connectivity index (χ1n) is 4.38. The first kappa shape index (κ1) is 9.48. The molecule has 0 unspecified atom stereocenters. The number of hydrogen-bond donors (Lipinski definition) is 2. The summed E-state index contributed by atoms with van der Waals surface area (Å²) < 4.78 is 0. The van der Waals surface area contributed by atoms with Crippen LogP contribution >= 0.6 is 0 Å². The number of piperazine rings is 1. The second-order valence-electron chi connectivity index (χ2n) is 3.26. The summed E-state index contributed by atoms with van der Waals surface area (Å²) in [6, 6.07) is 0.503. The van der Waals surface area contributed by atoms with Gasteiger partial charge in [0.1, 0.15) is 0 Å². The average Bonchev–Trinajstić information content (AvgIpc) is 2.04. The van der Waals surface area contributed by atoms with Gasteiger partial charge in [0.15, 0.2) is 0 Å². The van der Waals surface area contributed by atoms with Crippen molar-refractivity contribution in [2.75, 3.05) is 33.2 Å². The fourth-order valence-electron chi connectivity index (χ4n) is 1.44. The largest absolute Gasteiger partial charge is 0.358 e. The topological polar surface area (TPSA) is 44.4 Å². The van der Waals surface area contributed by atoms with Crippen molar-refractivity contribution >= 4 is 5.91 Å². The van der Waals surface area contributed by atoms with Crippen molar-refractivity contribution in [1.82, 2.24) is 15.5 Å². The van der Waals surface area contributed by atoms with E-state index in [0.717, 1.165) is 19.6 Å². The van der Waals surface area contributed by atoms with Crippen LogP contribution in [0, 0.1) is 0 Å². The number of amides is 1. The van der Waals surface area contributed by atoms with Crippen LogP contribution in [0.4, 0.5) is 0 Å². The zero-order valence-electron chi connectivity index (χ0n) is 7.76. The SMILES string of the molecule is CNC(=O)CN1CCN[C@@H](C)C1. The van der Waals surface area contributed by atoms with Crippen molar-refractivity contribution in [3.05, 3.63) is 0 Å². The summed E-state index contributed by atoms with van der Waals surface area (Å²) in [5.74, 6) is 0.101. The molecule has 1 rings (SSSR count). The summed E-state index contributed by atoms with van der Waals surface area (Å²) >= 11 is 0. The maximum atomic E-state index is 11.0. The highest BCUT2D eigenvalue weighted by atomic mass is 16.1. The zero-order valence-corrected chi connectivity index (χ0v) is 7.76. The van der Waals surface area contributed by atoms with Gasteiger partial charge in [0, 0.05) is 32.7 Å². The highest BCUT2D eigenvalue weighted by molar-refractivity contribution is 5.77. The van der Waals surface area contributed by atoms with Crippen LogP contribution in [0.3, 0.4) is 0 Å². The fraction of sp³-hybridized carbons (Fsp3) is 0.875. The fourth-order valence-corrected chi connectivity index (χ4v) is 1.44. The van der Waals surface area contributed by atoms with Gasteiger partial charge in [-0.1, -0.05) is 0 Å². The number of carbonyl (C=O) groups excluding carboxylic acids is 1. The minimum Gasteiger partial charge on any atom is -0.358 e. The molecule has 0 bridgehead atoms. The normalized spacial score (nSPS) is 25.3. The van der Waals surface area contributed by atoms with Crippen molar-refractivity contribution in [3.8, 4) is 0 Å². The molecule has 0 aromatic heterocycles. The van der Waals surface area contributed by atoms with E-state index in [1.807, 2.05) is 0 Å². The van der Waals surface area contributed by atoms with E-state index >= 15 is 0 Å². The third-order valence-electron chi connectivity index (χ3n) is 2.10. The molecule has 0 aromatic carbocycles. The van der Waals surface area contributed by atoms with Crippen LogP contribution in [0.1, 0.15) is 6.92 Å². The average molecular weight is 171 g/mol. The molecule has 0 radical (unpaired) electrons. The third kappa shape index (κ3) is 2.79. The van der Waals surface area contributed by atoms with Crippen molar-refractivity contribution in [2.45, 2.75) is 13.0 Å². The Morgan fingerprint density at radius 1 is 1.75 bits per heavy atom. The molecule has 1 aliphatic heterocycles. The first-order valence-corrected chi connectivity index (χ1v) is 4.38. The molecule has 4 heteroatoms. The summed E-state index contributed by atoms with van der Waals surface area (Å²) in [5, 5.41) is 5.96. The number of carbonyl (C=O) groups is 1. The number of hydrogen-bond acceptors (Lipinski definition) is 3. The number of rotatable bonds is 2. The Morgan fingerprint density at radius 3 is 3.08 bits per heavy atom. The van der Waals surface area contributed by atoms with E-state index in [1.165, 1.54) is 0 Å². The minimum atomic E-state index is 0.101. The van der Waals surface area contributed by atoms with Crippen LogP contribution in [0.2, 0.25) is 0 Å². The Labute approximate surface area is 73.3 Å². The lowest BCUT2D eigenvalue weighted by Gasteiger charge is -2.30. The van der Waals surface area contributed by atoms with E-state index in [0.29, 0.717) is 12.6 Å². The summed E-state index contributed by atoms with van der Waals surface area (Å²) in [6.07, 6.45) is 0. The summed E-state index contributed by atoms with van der Waals surface area (Å²) in [6.45, 7) is 5.59. The molecular weight excluding hydrogens is 154 g/mol. The van der Waals surface area contributed by atoms with Gasteiger partial charge in [-0.3, -0.25) is 9.69 Å². The Kier molecular flexibility index (Phi) is 3.49. The first-order chi connectivity index (χ1) is 5.72. The lowest BCUT2D eigenvalue weighted by molar-refractivity contribution is -0.122. The Morgan fingerprint density at radius 2 is 2.50 bits per heavy atom. The molecule has 0 aromatic rings. The van der Waals surface area contributed by atoms with Crippen molar-refractivity contribution in [3.63, 3.8) is 0 Å². The second kappa shape index (κ2) is 4.42. The van der Waals surface area contributed by atoms with E-state index in [4.69, 9.17) is 0 Å². The van der Waals surface area contributed by atoms with Gasteiger partial charge in [0.05, 0.1) is 6.54 Å². The maximum absolute atomic E-state index is 11.0. The van der Waals surface area contributed by atoms with Crippen molar-refractivity contribution < 1.29 is 4.79 Å². The maximum Gasteiger partial charge on any atom is 0.233 e. The van der Waals surface area contributed by atoms with Crippen molar-refractivity contribution in [1.29, 1.82) is 0 Å². The lowest BCUT2D eigenvalue weighted by Crippen LogP contribution is -2.51. The number of nitrogens with zero attached hydrogens (tertiary/aromatic N) is 1. The van der Waals surface area contributed by atoms with Crippen LogP contribution in [0.25, 0.3) is 0 Å². The Hall–Kier alpha value is -0.610. The van der Waals surface area contributed by atoms with Crippen LogP contribution in [-0.2, 0) is 4.79 Å². The molecule has 0 aliphatic carbocycles. The standard InChI is InChI=1S/C8H17N3O/c1-7-5-11(4-3-10-7)6-8(12)9-2/h7,10H,3-6H2,1-2H3,(H,9,12)/t7-/m0/s1. The molecule has 1 aliphatic rings. The minimum absolute atomic E-state index is 0.101. The van der Waals surface area contributed by atoms with Gasteiger partial charge in [-0.05, 0) is 6.92 Å². The Bertz CT molecular complexity index is 160. The molecule has 4 nitrogen and oxygen atoms in total. The van der Waals surface area contributed by atoms with Gasteiger partial charge in [-0.15, -0.1) is 0 Å². The molecule has 1 atom stereocenters. The van der Waals surface area contributed by atoms with Crippen LogP contribution in [-0.4, -0.2) is 50.1 Å². The summed E-state index contributed by atoms with van der Waals surface area (Å²) in [5.41, 5.74) is 0. The van der Waals surface area contributed by atoms with Crippen LogP contribution < -0.4 is 10.6 Å².